The Hall–Kier alpha value is -0.710. The fourth-order valence-electron chi connectivity index (χ4n) is 1.27. The van der Waals surface area contributed by atoms with E-state index in [0.29, 0.717) is 13.0 Å². The van der Waals surface area contributed by atoms with Crippen molar-refractivity contribution in [1.29, 1.82) is 0 Å². The molecule has 0 saturated heterocycles. The lowest BCUT2D eigenvalue weighted by molar-refractivity contribution is -0.131. The molecule has 0 aromatic rings. The fourth-order valence-corrected chi connectivity index (χ4v) is 1.27. The van der Waals surface area contributed by atoms with Crippen LogP contribution < -0.4 is 5.73 Å². The number of alkyl halides is 2. The Labute approximate surface area is 89.6 Å². The highest BCUT2D eigenvalue weighted by molar-refractivity contribution is 5.75. The molecule has 0 radical (unpaired) electrons. The van der Waals surface area contributed by atoms with Gasteiger partial charge in [0.2, 0.25) is 5.91 Å². The largest absolute Gasteiger partial charge is 0.340 e. The summed E-state index contributed by atoms with van der Waals surface area (Å²) in [4.78, 5) is 12.4. The van der Waals surface area contributed by atoms with E-state index in [1.807, 2.05) is 0 Å². The van der Waals surface area contributed by atoms with Gasteiger partial charge in [-0.3, -0.25) is 4.79 Å². The van der Waals surface area contributed by atoms with E-state index in [0.717, 1.165) is 30.6 Å². The summed E-state index contributed by atoms with van der Waals surface area (Å²) < 4.78 is 23.9. The number of amides is 1. The molecule has 0 atom stereocenters. The van der Waals surface area contributed by atoms with Crippen molar-refractivity contribution >= 4 is 5.91 Å². The molecule has 0 aromatic heterocycles. The second-order valence-corrected chi connectivity index (χ2v) is 3.62. The van der Waals surface area contributed by atoms with Crippen molar-refractivity contribution in [2.24, 2.45) is 5.73 Å². The second-order valence-electron chi connectivity index (χ2n) is 3.62. The zero-order chi connectivity index (χ0) is 11.7. The van der Waals surface area contributed by atoms with Crippen LogP contribution in [0.3, 0.4) is 0 Å². The van der Waals surface area contributed by atoms with Gasteiger partial charge in [0.25, 0.3) is 6.43 Å². The van der Waals surface area contributed by atoms with Crippen molar-refractivity contribution in [3.8, 4) is 0 Å². The molecule has 0 rings (SSSR count). The van der Waals surface area contributed by atoms with Crippen LogP contribution in [0.15, 0.2) is 0 Å². The highest BCUT2D eigenvalue weighted by Gasteiger charge is 2.12. The molecule has 0 aliphatic rings. The molecule has 1 amide bonds. The lowest BCUT2D eigenvalue weighted by atomic mass is 10.1. The van der Waals surface area contributed by atoms with Crippen LogP contribution in [0.1, 0.15) is 32.1 Å². The van der Waals surface area contributed by atoms with E-state index in [2.05, 4.69) is 0 Å². The topological polar surface area (TPSA) is 46.3 Å². The number of carbonyl (C=O) groups excluding carboxylic acids is 1. The molecule has 0 heterocycles. The summed E-state index contributed by atoms with van der Waals surface area (Å²) in [7, 11) is 1.41. The van der Waals surface area contributed by atoms with E-state index in [-0.39, 0.29) is 5.91 Å². The first-order valence-corrected chi connectivity index (χ1v) is 5.30. The summed E-state index contributed by atoms with van der Waals surface area (Å²) in [6, 6.07) is 0. The smallest absolute Gasteiger partial charge is 0.255 e. The van der Waals surface area contributed by atoms with E-state index in [4.69, 9.17) is 5.73 Å². The average molecular weight is 222 g/mol. The number of unbranched alkanes of at least 4 members (excludes halogenated alkanes) is 3. The number of hydrogen-bond acceptors (Lipinski definition) is 2. The van der Waals surface area contributed by atoms with E-state index in [1.165, 1.54) is 7.05 Å². The maximum Gasteiger partial charge on any atom is 0.255 e. The quantitative estimate of drug-likeness (QED) is 0.634. The van der Waals surface area contributed by atoms with Crippen molar-refractivity contribution in [3.05, 3.63) is 0 Å². The molecule has 0 spiro atoms. The third-order valence-electron chi connectivity index (χ3n) is 2.18. The number of carbonyl (C=O) groups is 1. The van der Waals surface area contributed by atoms with E-state index < -0.39 is 13.0 Å². The first kappa shape index (κ1) is 14.3. The molecular weight excluding hydrogens is 202 g/mol. The third kappa shape index (κ3) is 8.30. The molecule has 90 valence electrons. The molecular formula is C10H20F2N2O. The lowest BCUT2D eigenvalue weighted by Gasteiger charge is -2.16. The summed E-state index contributed by atoms with van der Waals surface area (Å²) in [5.74, 6) is -0.206. The maximum absolute atomic E-state index is 11.9. The van der Waals surface area contributed by atoms with Crippen LogP contribution in [0.5, 0.6) is 0 Å². The summed E-state index contributed by atoms with van der Waals surface area (Å²) in [6.45, 7) is 0.195. The van der Waals surface area contributed by atoms with Gasteiger partial charge in [-0.15, -0.1) is 0 Å². The SMILES string of the molecule is CN(CC(F)F)C(=O)CCCCCCN. The zero-order valence-corrected chi connectivity index (χ0v) is 9.22. The Morgan fingerprint density at radius 2 is 1.87 bits per heavy atom. The lowest BCUT2D eigenvalue weighted by Crippen LogP contribution is -2.30. The minimum absolute atomic E-state index is 0.206. The molecule has 0 fully saturated rings. The van der Waals surface area contributed by atoms with Gasteiger partial charge < -0.3 is 10.6 Å². The van der Waals surface area contributed by atoms with Crippen LogP contribution in [-0.2, 0) is 4.79 Å². The van der Waals surface area contributed by atoms with Crippen LogP contribution >= 0.6 is 0 Å². The van der Waals surface area contributed by atoms with Crippen LogP contribution in [0.25, 0.3) is 0 Å². The van der Waals surface area contributed by atoms with Gasteiger partial charge in [0, 0.05) is 13.5 Å². The monoisotopic (exact) mass is 222 g/mol. The van der Waals surface area contributed by atoms with Gasteiger partial charge in [0.1, 0.15) is 0 Å². The molecule has 0 saturated carbocycles. The third-order valence-corrected chi connectivity index (χ3v) is 2.18. The summed E-state index contributed by atoms with van der Waals surface area (Å²) >= 11 is 0. The number of halogens is 2. The molecule has 0 aliphatic heterocycles. The van der Waals surface area contributed by atoms with Gasteiger partial charge in [-0.05, 0) is 19.4 Å². The summed E-state index contributed by atoms with van der Waals surface area (Å²) in [6.07, 6.45) is 1.56. The van der Waals surface area contributed by atoms with Gasteiger partial charge in [-0.2, -0.15) is 0 Å². The predicted octanol–water partition coefficient (Wildman–Crippen LogP) is 1.62. The molecule has 0 bridgehead atoms. The van der Waals surface area contributed by atoms with Crippen LogP contribution in [-0.4, -0.2) is 37.4 Å². The normalized spacial score (nSPS) is 10.7. The molecule has 0 aromatic carbocycles. The molecule has 5 heteroatoms. The average Bonchev–Trinajstić information content (AvgIpc) is 2.16. The number of rotatable bonds is 8. The van der Waals surface area contributed by atoms with E-state index >= 15 is 0 Å². The molecule has 0 aliphatic carbocycles. The Morgan fingerprint density at radius 3 is 2.40 bits per heavy atom. The van der Waals surface area contributed by atoms with E-state index in [1.54, 1.807) is 0 Å². The second kappa shape index (κ2) is 8.59. The van der Waals surface area contributed by atoms with Crippen LogP contribution in [0.2, 0.25) is 0 Å². The van der Waals surface area contributed by atoms with Crippen molar-refractivity contribution in [1.82, 2.24) is 4.90 Å². The predicted molar refractivity (Wildman–Crippen MR) is 55.8 cm³/mol. The van der Waals surface area contributed by atoms with Crippen LogP contribution in [0, 0.1) is 0 Å². The van der Waals surface area contributed by atoms with Gasteiger partial charge in [-0.25, -0.2) is 8.78 Å². The van der Waals surface area contributed by atoms with Gasteiger partial charge >= 0.3 is 0 Å². The number of nitrogens with zero attached hydrogens (tertiary/aromatic N) is 1. The maximum atomic E-state index is 11.9. The summed E-state index contributed by atoms with van der Waals surface area (Å²) in [5.41, 5.74) is 5.32. The molecule has 3 nitrogen and oxygen atoms in total. The van der Waals surface area contributed by atoms with Gasteiger partial charge in [-0.1, -0.05) is 12.8 Å². The molecule has 15 heavy (non-hydrogen) atoms. The van der Waals surface area contributed by atoms with Crippen molar-refractivity contribution < 1.29 is 13.6 Å². The first-order valence-electron chi connectivity index (χ1n) is 5.30. The highest BCUT2D eigenvalue weighted by Crippen LogP contribution is 2.05. The molecule has 0 unspecified atom stereocenters. The fraction of sp³-hybridized carbons (Fsp3) is 0.900. The summed E-state index contributed by atoms with van der Waals surface area (Å²) in [5, 5.41) is 0. The minimum Gasteiger partial charge on any atom is -0.340 e. The standard InChI is InChI=1S/C10H20F2N2O/c1-14(8-9(11)12)10(15)6-4-2-3-5-7-13/h9H,2-8,13H2,1H3. The van der Waals surface area contributed by atoms with Crippen molar-refractivity contribution in [3.63, 3.8) is 0 Å². The Balaban J connectivity index is 3.47. The van der Waals surface area contributed by atoms with Gasteiger partial charge in [0.05, 0.1) is 6.54 Å². The number of hydrogen-bond donors (Lipinski definition) is 1. The van der Waals surface area contributed by atoms with Crippen molar-refractivity contribution in [2.45, 2.75) is 38.5 Å². The zero-order valence-electron chi connectivity index (χ0n) is 9.22. The molecule has 2 N–H and O–H groups in total. The van der Waals surface area contributed by atoms with Crippen LogP contribution in [0.4, 0.5) is 8.78 Å². The highest BCUT2D eigenvalue weighted by atomic mass is 19.3. The number of nitrogens with two attached hydrogens (primary N) is 1. The Bertz CT molecular complexity index is 177. The Kier molecular flexibility index (Phi) is 8.18. The van der Waals surface area contributed by atoms with E-state index in [9.17, 15) is 13.6 Å². The first-order chi connectivity index (χ1) is 7.07. The van der Waals surface area contributed by atoms with Crippen molar-refractivity contribution in [2.75, 3.05) is 20.1 Å². The van der Waals surface area contributed by atoms with Gasteiger partial charge in [0.15, 0.2) is 0 Å². The minimum atomic E-state index is -2.45. The Morgan fingerprint density at radius 1 is 1.27 bits per heavy atom.